The highest BCUT2D eigenvalue weighted by Gasteiger charge is 2.41. The second-order valence-electron chi connectivity index (χ2n) is 8.30. The Morgan fingerprint density at radius 2 is 1.31 bits per heavy atom. The quantitative estimate of drug-likeness (QED) is 0.275. The minimum absolute atomic E-state index is 0.176. The van der Waals surface area contributed by atoms with Gasteiger partial charge in [-0.15, -0.1) is 0 Å². The Kier molecular flexibility index (Phi) is 5.77. The molecular formula is C27H21N3O5S. The number of nitro groups is 1. The minimum atomic E-state index is -4.42. The molecule has 180 valence electrons. The van der Waals surface area contributed by atoms with Crippen molar-refractivity contribution in [3.8, 4) is 0 Å². The van der Waals surface area contributed by atoms with Crippen LogP contribution in [-0.2, 0) is 14.8 Å². The lowest BCUT2D eigenvalue weighted by Crippen LogP contribution is -2.42. The van der Waals surface area contributed by atoms with Crippen LogP contribution < -0.4 is 9.21 Å². The molecule has 8 nitrogen and oxygen atoms in total. The Bertz CT molecular complexity index is 1520. The van der Waals surface area contributed by atoms with Gasteiger partial charge in [0.1, 0.15) is 0 Å². The van der Waals surface area contributed by atoms with Gasteiger partial charge in [-0.1, -0.05) is 54.6 Å². The monoisotopic (exact) mass is 499 g/mol. The van der Waals surface area contributed by atoms with Gasteiger partial charge in [-0.25, -0.2) is 12.7 Å². The molecule has 0 aromatic heterocycles. The van der Waals surface area contributed by atoms with E-state index >= 15 is 0 Å². The molecule has 0 radical (unpaired) electrons. The maximum Gasteiger partial charge on any atom is 0.270 e. The third-order valence-corrected chi connectivity index (χ3v) is 7.98. The van der Waals surface area contributed by atoms with Crippen molar-refractivity contribution in [2.45, 2.75) is 10.8 Å². The normalized spacial score (nSPS) is 13.0. The summed E-state index contributed by atoms with van der Waals surface area (Å²) in [5, 5.41) is 11.1. The summed E-state index contributed by atoms with van der Waals surface area (Å²) in [7, 11) is -2.51. The van der Waals surface area contributed by atoms with Crippen LogP contribution in [-0.4, -0.2) is 26.3 Å². The summed E-state index contributed by atoms with van der Waals surface area (Å²) in [6.45, 7) is 0. The van der Waals surface area contributed by atoms with Crippen LogP contribution in [0.3, 0.4) is 0 Å². The summed E-state index contributed by atoms with van der Waals surface area (Å²) in [6.07, 6.45) is 0. The molecule has 0 aliphatic carbocycles. The number of non-ortho nitro benzene ring substituents is 1. The lowest BCUT2D eigenvalue weighted by atomic mass is 9.84. The van der Waals surface area contributed by atoms with Crippen molar-refractivity contribution >= 4 is 38.7 Å². The fraction of sp³-hybridized carbons (Fsp3) is 0.0741. The predicted octanol–water partition coefficient (Wildman–Crippen LogP) is 5.23. The molecule has 0 bridgehead atoms. The molecule has 0 unspecified atom stereocenters. The zero-order valence-electron chi connectivity index (χ0n) is 19.2. The summed E-state index contributed by atoms with van der Waals surface area (Å²) in [6, 6.07) is 27.4. The standard InChI is InChI=1S/C27H21N3O5S/c1-28-24-13-7-5-11-22(24)26(23-12-6-8-14-25(23)28)27(31)29(19-9-3-2-4-10-19)36(34,35)21-17-15-20(16-18-21)30(32)33/h2-18,26H,1H3. The number of fused-ring (bicyclic) bond motifs is 2. The lowest BCUT2D eigenvalue weighted by Gasteiger charge is -2.36. The first-order chi connectivity index (χ1) is 17.3. The molecular weight excluding hydrogens is 478 g/mol. The fourth-order valence-electron chi connectivity index (χ4n) is 4.55. The number of anilines is 3. The molecule has 4 aromatic carbocycles. The maximum absolute atomic E-state index is 14.3. The number of amides is 1. The van der Waals surface area contributed by atoms with Crippen molar-refractivity contribution in [1.82, 2.24) is 0 Å². The van der Waals surface area contributed by atoms with Crippen molar-refractivity contribution in [2.75, 3.05) is 16.3 Å². The summed E-state index contributed by atoms with van der Waals surface area (Å²) in [5.41, 5.74) is 2.90. The van der Waals surface area contributed by atoms with Gasteiger partial charge in [0.2, 0.25) is 0 Å². The topological polar surface area (TPSA) is 101 Å². The zero-order valence-corrected chi connectivity index (χ0v) is 20.0. The summed E-state index contributed by atoms with van der Waals surface area (Å²) in [5.74, 6) is -1.53. The molecule has 0 N–H and O–H groups in total. The molecule has 0 spiro atoms. The van der Waals surface area contributed by atoms with Crippen molar-refractivity contribution in [3.63, 3.8) is 0 Å². The van der Waals surface area contributed by atoms with Crippen LogP contribution >= 0.6 is 0 Å². The van der Waals surface area contributed by atoms with Crippen LogP contribution in [0.4, 0.5) is 22.7 Å². The highest BCUT2D eigenvalue weighted by atomic mass is 32.2. The van der Waals surface area contributed by atoms with Gasteiger partial charge in [0.05, 0.1) is 21.4 Å². The Morgan fingerprint density at radius 1 is 0.806 bits per heavy atom. The number of benzene rings is 4. The molecule has 1 aliphatic rings. The van der Waals surface area contributed by atoms with Gasteiger partial charge in [0.15, 0.2) is 0 Å². The van der Waals surface area contributed by atoms with Crippen LogP contribution in [0, 0.1) is 10.1 Å². The number of nitro benzene ring substituents is 1. The van der Waals surface area contributed by atoms with E-state index in [9.17, 15) is 23.3 Å². The van der Waals surface area contributed by atoms with E-state index in [0.717, 1.165) is 39.9 Å². The number of carbonyl (C=O) groups is 1. The van der Waals surface area contributed by atoms with Crippen LogP contribution in [0.25, 0.3) is 0 Å². The van der Waals surface area contributed by atoms with Crippen LogP contribution in [0.15, 0.2) is 108 Å². The predicted molar refractivity (Wildman–Crippen MR) is 137 cm³/mol. The molecule has 1 aliphatic heterocycles. The van der Waals surface area contributed by atoms with Gasteiger partial charge in [-0.2, -0.15) is 0 Å². The molecule has 0 atom stereocenters. The van der Waals surface area contributed by atoms with E-state index in [-0.39, 0.29) is 16.3 Å². The smallest absolute Gasteiger partial charge is 0.270 e. The number of nitrogens with zero attached hydrogens (tertiary/aromatic N) is 3. The third-order valence-electron chi connectivity index (χ3n) is 6.24. The van der Waals surface area contributed by atoms with E-state index in [1.807, 2.05) is 60.5 Å². The fourth-order valence-corrected chi connectivity index (χ4v) is 5.98. The van der Waals surface area contributed by atoms with Gasteiger partial charge < -0.3 is 4.90 Å². The van der Waals surface area contributed by atoms with E-state index < -0.39 is 26.8 Å². The van der Waals surface area contributed by atoms with Gasteiger partial charge >= 0.3 is 0 Å². The number of hydrogen-bond donors (Lipinski definition) is 0. The molecule has 9 heteroatoms. The summed E-state index contributed by atoms with van der Waals surface area (Å²) < 4.78 is 28.6. The Labute approximate surface area is 208 Å². The average Bonchev–Trinajstić information content (AvgIpc) is 2.89. The molecule has 36 heavy (non-hydrogen) atoms. The van der Waals surface area contributed by atoms with Crippen LogP contribution in [0.2, 0.25) is 0 Å². The molecule has 0 saturated carbocycles. The van der Waals surface area contributed by atoms with E-state index in [4.69, 9.17) is 0 Å². The molecule has 1 amide bonds. The van der Waals surface area contributed by atoms with Crippen molar-refractivity contribution < 1.29 is 18.1 Å². The average molecular weight is 500 g/mol. The summed E-state index contributed by atoms with van der Waals surface area (Å²) in [4.78, 5) is 26.6. The first kappa shape index (κ1) is 23.3. The SMILES string of the molecule is CN1c2ccccc2C(C(=O)N(c2ccccc2)S(=O)(=O)c2ccc([N+](=O)[O-])cc2)c2ccccc21. The van der Waals surface area contributed by atoms with Crippen LogP contribution in [0.1, 0.15) is 17.0 Å². The first-order valence-electron chi connectivity index (χ1n) is 11.1. The van der Waals surface area contributed by atoms with Gasteiger partial charge in [-0.05, 0) is 47.5 Å². The van der Waals surface area contributed by atoms with Crippen molar-refractivity contribution in [1.29, 1.82) is 0 Å². The highest BCUT2D eigenvalue weighted by molar-refractivity contribution is 7.93. The second kappa shape index (κ2) is 8.94. The molecule has 1 heterocycles. The lowest BCUT2D eigenvalue weighted by molar-refractivity contribution is -0.384. The molecule has 0 saturated heterocycles. The number of carbonyl (C=O) groups excluding carboxylic acids is 1. The Hall–Kier alpha value is -4.50. The van der Waals surface area contributed by atoms with E-state index in [1.54, 1.807) is 30.3 Å². The Morgan fingerprint density at radius 3 is 1.83 bits per heavy atom. The molecule has 5 rings (SSSR count). The van der Waals surface area contributed by atoms with E-state index in [1.165, 1.54) is 0 Å². The van der Waals surface area contributed by atoms with E-state index in [2.05, 4.69) is 0 Å². The molecule has 0 fully saturated rings. The number of rotatable bonds is 5. The summed E-state index contributed by atoms with van der Waals surface area (Å²) >= 11 is 0. The third kappa shape index (κ3) is 3.79. The minimum Gasteiger partial charge on any atom is -0.344 e. The second-order valence-corrected chi connectivity index (χ2v) is 10.1. The molecule has 4 aromatic rings. The highest BCUT2D eigenvalue weighted by Crippen LogP contribution is 2.46. The van der Waals surface area contributed by atoms with Gasteiger partial charge in [0.25, 0.3) is 21.6 Å². The van der Waals surface area contributed by atoms with Crippen molar-refractivity contribution in [2.24, 2.45) is 0 Å². The number of sulfonamides is 1. The van der Waals surface area contributed by atoms with Crippen molar-refractivity contribution in [3.05, 3.63) is 124 Å². The van der Waals surface area contributed by atoms with Gasteiger partial charge in [0, 0.05) is 30.6 Å². The van der Waals surface area contributed by atoms with Gasteiger partial charge in [-0.3, -0.25) is 14.9 Å². The first-order valence-corrected chi connectivity index (χ1v) is 12.5. The Balaban J connectivity index is 1.70. The van der Waals surface area contributed by atoms with Crippen LogP contribution in [0.5, 0.6) is 0 Å². The largest absolute Gasteiger partial charge is 0.344 e. The zero-order chi connectivity index (χ0) is 25.4. The maximum atomic E-state index is 14.3. The number of para-hydroxylation sites is 3. The number of hydrogen-bond acceptors (Lipinski definition) is 6. The van der Waals surface area contributed by atoms with E-state index in [0.29, 0.717) is 11.1 Å².